The lowest BCUT2D eigenvalue weighted by Gasteiger charge is -1.99. The highest BCUT2D eigenvalue weighted by atomic mass is 16.3. The molecule has 0 aromatic carbocycles. The molecule has 0 amide bonds. The van der Waals surface area contributed by atoms with E-state index in [-0.39, 0.29) is 0 Å². The van der Waals surface area contributed by atoms with Gasteiger partial charge < -0.3 is 15.5 Å². The van der Waals surface area contributed by atoms with E-state index in [2.05, 4.69) is 5.32 Å². The predicted molar refractivity (Wildman–Crippen MR) is 49.1 cm³/mol. The number of nitrogens with two attached hydrogens (primary N) is 1. The van der Waals surface area contributed by atoms with Crippen molar-refractivity contribution >= 4 is 0 Å². The first-order chi connectivity index (χ1) is 5.83. The minimum absolute atomic E-state index is 0.692. The zero-order valence-electron chi connectivity index (χ0n) is 7.47. The molecule has 1 heterocycles. The van der Waals surface area contributed by atoms with E-state index in [4.69, 9.17) is 10.2 Å². The summed E-state index contributed by atoms with van der Waals surface area (Å²) in [6.45, 7) is 4.46. The Labute approximate surface area is 72.9 Å². The SMILES string of the molecule is Cc1ccc(CCNCCN)o1. The molecule has 1 rings (SSSR count). The molecule has 0 aliphatic heterocycles. The van der Waals surface area contributed by atoms with Gasteiger partial charge in [-0.25, -0.2) is 0 Å². The van der Waals surface area contributed by atoms with Gasteiger partial charge >= 0.3 is 0 Å². The van der Waals surface area contributed by atoms with Gasteiger partial charge in [-0.1, -0.05) is 0 Å². The molecule has 0 aliphatic carbocycles. The Hall–Kier alpha value is -0.800. The Balaban J connectivity index is 2.15. The van der Waals surface area contributed by atoms with Gasteiger partial charge in [0.15, 0.2) is 0 Å². The minimum atomic E-state index is 0.692. The van der Waals surface area contributed by atoms with Gasteiger partial charge in [0.05, 0.1) is 0 Å². The minimum Gasteiger partial charge on any atom is -0.466 e. The lowest BCUT2D eigenvalue weighted by atomic mass is 10.3. The summed E-state index contributed by atoms with van der Waals surface area (Å²) >= 11 is 0. The molecule has 0 spiro atoms. The fraction of sp³-hybridized carbons (Fsp3) is 0.556. The van der Waals surface area contributed by atoms with E-state index in [0.717, 1.165) is 31.0 Å². The smallest absolute Gasteiger partial charge is 0.105 e. The van der Waals surface area contributed by atoms with Crippen LogP contribution in [-0.2, 0) is 6.42 Å². The standard InChI is InChI=1S/C9H16N2O/c1-8-2-3-9(12-8)4-6-11-7-5-10/h2-3,11H,4-7,10H2,1H3. The van der Waals surface area contributed by atoms with Crippen LogP contribution in [0.3, 0.4) is 0 Å². The molecule has 0 radical (unpaired) electrons. The summed E-state index contributed by atoms with van der Waals surface area (Å²) in [5, 5.41) is 3.21. The number of rotatable bonds is 5. The monoisotopic (exact) mass is 168 g/mol. The molecule has 3 N–H and O–H groups in total. The molecule has 3 nitrogen and oxygen atoms in total. The van der Waals surface area contributed by atoms with Crippen molar-refractivity contribution < 1.29 is 4.42 Å². The quantitative estimate of drug-likeness (QED) is 0.636. The van der Waals surface area contributed by atoms with Gasteiger partial charge in [-0.05, 0) is 19.1 Å². The molecule has 3 heteroatoms. The van der Waals surface area contributed by atoms with Crippen LogP contribution in [0.1, 0.15) is 11.5 Å². The van der Waals surface area contributed by atoms with Crippen molar-refractivity contribution in [3.8, 4) is 0 Å². The first-order valence-electron chi connectivity index (χ1n) is 4.29. The van der Waals surface area contributed by atoms with E-state index in [9.17, 15) is 0 Å². The predicted octanol–water partition coefficient (Wildman–Crippen LogP) is 0.679. The Morgan fingerprint density at radius 3 is 2.83 bits per heavy atom. The highest BCUT2D eigenvalue weighted by molar-refractivity contribution is 5.05. The van der Waals surface area contributed by atoms with E-state index in [1.54, 1.807) is 0 Å². The summed E-state index contributed by atoms with van der Waals surface area (Å²) in [6.07, 6.45) is 0.938. The zero-order valence-corrected chi connectivity index (χ0v) is 7.47. The van der Waals surface area contributed by atoms with Gasteiger partial charge in [0, 0.05) is 26.1 Å². The first kappa shape index (κ1) is 9.29. The van der Waals surface area contributed by atoms with Crippen molar-refractivity contribution in [3.63, 3.8) is 0 Å². The van der Waals surface area contributed by atoms with Crippen LogP contribution in [0.25, 0.3) is 0 Å². The molecule has 0 saturated carbocycles. The molecule has 68 valence electrons. The Kier molecular flexibility index (Phi) is 3.84. The van der Waals surface area contributed by atoms with Crippen LogP contribution in [0.2, 0.25) is 0 Å². The molecule has 1 aromatic rings. The molecule has 0 fully saturated rings. The van der Waals surface area contributed by atoms with Crippen LogP contribution in [-0.4, -0.2) is 19.6 Å². The lowest BCUT2D eigenvalue weighted by Crippen LogP contribution is -2.24. The number of hydrogen-bond acceptors (Lipinski definition) is 3. The molecule has 0 saturated heterocycles. The maximum atomic E-state index is 5.39. The Morgan fingerprint density at radius 1 is 1.42 bits per heavy atom. The maximum Gasteiger partial charge on any atom is 0.105 e. The second-order valence-electron chi connectivity index (χ2n) is 2.80. The van der Waals surface area contributed by atoms with Crippen molar-refractivity contribution in [3.05, 3.63) is 23.7 Å². The van der Waals surface area contributed by atoms with Crippen LogP contribution in [0, 0.1) is 6.92 Å². The molecule has 0 unspecified atom stereocenters. The Bertz CT molecular complexity index is 220. The number of furan rings is 1. The molecular weight excluding hydrogens is 152 g/mol. The van der Waals surface area contributed by atoms with Gasteiger partial charge in [0.2, 0.25) is 0 Å². The number of aryl methyl sites for hydroxylation is 1. The van der Waals surface area contributed by atoms with Crippen LogP contribution in [0.4, 0.5) is 0 Å². The van der Waals surface area contributed by atoms with E-state index in [1.807, 2.05) is 19.1 Å². The largest absolute Gasteiger partial charge is 0.466 e. The summed E-state index contributed by atoms with van der Waals surface area (Å²) in [5.41, 5.74) is 5.33. The highest BCUT2D eigenvalue weighted by Crippen LogP contribution is 2.05. The summed E-state index contributed by atoms with van der Waals surface area (Å²) in [4.78, 5) is 0. The van der Waals surface area contributed by atoms with Crippen molar-refractivity contribution in [1.29, 1.82) is 0 Å². The average Bonchev–Trinajstić information content (AvgIpc) is 2.45. The van der Waals surface area contributed by atoms with E-state index >= 15 is 0 Å². The molecule has 1 aromatic heterocycles. The summed E-state index contributed by atoms with van der Waals surface area (Å²) in [5.74, 6) is 2.01. The van der Waals surface area contributed by atoms with Gasteiger partial charge in [-0.3, -0.25) is 0 Å². The summed E-state index contributed by atoms with van der Waals surface area (Å²) in [6, 6.07) is 4.00. The molecular formula is C9H16N2O. The van der Waals surface area contributed by atoms with Crippen molar-refractivity contribution in [1.82, 2.24) is 5.32 Å². The van der Waals surface area contributed by atoms with Crippen LogP contribution in [0.15, 0.2) is 16.5 Å². The molecule has 0 atom stereocenters. The van der Waals surface area contributed by atoms with Crippen molar-refractivity contribution in [2.45, 2.75) is 13.3 Å². The van der Waals surface area contributed by atoms with Gasteiger partial charge in [0.1, 0.15) is 11.5 Å². The third-order valence-electron chi connectivity index (χ3n) is 1.67. The number of hydrogen-bond donors (Lipinski definition) is 2. The maximum absolute atomic E-state index is 5.39. The second kappa shape index (κ2) is 4.95. The first-order valence-corrected chi connectivity index (χ1v) is 4.29. The number of nitrogens with one attached hydrogen (secondary N) is 1. The van der Waals surface area contributed by atoms with E-state index in [0.29, 0.717) is 6.54 Å². The van der Waals surface area contributed by atoms with Gasteiger partial charge in [-0.2, -0.15) is 0 Å². The van der Waals surface area contributed by atoms with Crippen molar-refractivity contribution in [2.24, 2.45) is 5.73 Å². The molecule has 0 aliphatic rings. The third kappa shape index (κ3) is 3.07. The molecule has 12 heavy (non-hydrogen) atoms. The second-order valence-corrected chi connectivity index (χ2v) is 2.80. The van der Waals surface area contributed by atoms with Crippen LogP contribution < -0.4 is 11.1 Å². The molecule has 0 bridgehead atoms. The topological polar surface area (TPSA) is 51.2 Å². The van der Waals surface area contributed by atoms with Crippen LogP contribution >= 0.6 is 0 Å². The fourth-order valence-corrected chi connectivity index (χ4v) is 1.06. The third-order valence-corrected chi connectivity index (χ3v) is 1.67. The Morgan fingerprint density at radius 2 is 2.25 bits per heavy atom. The summed E-state index contributed by atoms with van der Waals surface area (Å²) < 4.78 is 5.39. The zero-order chi connectivity index (χ0) is 8.81. The lowest BCUT2D eigenvalue weighted by molar-refractivity contribution is 0.476. The van der Waals surface area contributed by atoms with Crippen LogP contribution in [0.5, 0.6) is 0 Å². The van der Waals surface area contributed by atoms with E-state index < -0.39 is 0 Å². The van der Waals surface area contributed by atoms with Gasteiger partial charge in [0.25, 0.3) is 0 Å². The fourth-order valence-electron chi connectivity index (χ4n) is 1.06. The highest BCUT2D eigenvalue weighted by Gasteiger charge is 1.96. The van der Waals surface area contributed by atoms with Gasteiger partial charge in [-0.15, -0.1) is 0 Å². The van der Waals surface area contributed by atoms with E-state index in [1.165, 1.54) is 0 Å². The summed E-state index contributed by atoms with van der Waals surface area (Å²) in [7, 11) is 0. The van der Waals surface area contributed by atoms with Crippen molar-refractivity contribution in [2.75, 3.05) is 19.6 Å². The normalized spacial score (nSPS) is 10.5. The average molecular weight is 168 g/mol.